The van der Waals surface area contributed by atoms with Crippen LogP contribution in [0.5, 0.6) is 0 Å². The monoisotopic (exact) mass is 744 g/mol. The summed E-state index contributed by atoms with van der Waals surface area (Å²) < 4.78 is 4.59. The van der Waals surface area contributed by atoms with Crippen LogP contribution in [0.3, 0.4) is 0 Å². The van der Waals surface area contributed by atoms with Gasteiger partial charge in [-0.3, -0.25) is 0 Å². The molecule has 0 fully saturated rings. The highest BCUT2D eigenvalue weighted by Gasteiger charge is 2.20. The van der Waals surface area contributed by atoms with E-state index in [4.69, 9.17) is 0 Å². The van der Waals surface area contributed by atoms with Crippen molar-refractivity contribution in [2.75, 3.05) is 4.43 Å². The average molecular weight is 744 g/mol. The Kier molecular flexibility index (Phi) is 12.4. The molecule has 0 aliphatic rings. The fraction of sp³-hybridized carbons (Fsp3) is 1.00. The summed E-state index contributed by atoms with van der Waals surface area (Å²) in [6.07, 6.45) is 2.71. The zero-order valence-electron chi connectivity index (χ0n) is 7.32. The molecule has 0 saturated heterocycles. The first-order valence-electron chi connectivity index (χ1n) is 4.11. The maximum Gasteiger partial charge on any atom is 0.0238 e. The first-order valence-corrected chi connectivity index (χ1v) is 10.6. The van der Waals surface area contributed by atoms with E-state index in [1.54, 1.807) is 0 Å². The zero-order valence-corrected chi connectivity index (χ0v) is 18.1. The Morgan fingerprint density at radius 2 is 1.46 bits per heavy atom. The molecule has 0 heterocycles. The Balaban J connectivity index is 3.77. The van der Waals surface area contributed by atoms with Crippen LogP contribution in [0.15, 0.2) is 0 Å². The summed E-state index contributed by atoms with van der Waals surface area (Å²) in [4.78, 5) is 0. The second-order valence-electron chi connectivity index (χ2n) is 2.94. The van der Waals surface area contributed by atoms with Crippen LogP contribution in [0.25, 0.3) is 0 Å². The molecule has 0 aromatic carbocycles. The second-order valence-corrected chi connectivity index (χ2v) is 10.8. The maximum atomic E-state index is 2.62. The van der Waals surface area contributed by atoms with Crippen LogP contribution >= 0.6 is 113 Å². The highest BCUT2D eigenvalue weighted by Crippen LogP contribution is 2.29. The average Bonchev–Trinajstić information content (AvgIpc) is 2.04. The molecule has 0 aromatic rings. The molecule has 80 valence electrons. The van der Waals surface area contributed by atoms with Gasteiger partial charge in [0.05, 0.1) is 0 Å². The van der Waals surface area contributed by atoms with Crippen molar-refractivity contribution in [2.45, 2.75) is 35.5 Å². The van der Waals surface area contributed by atoms with Crippen molar-refractivity contribution in [3.05, 3.63) is 0 Å². The molecule has 0 rings (SSSR count). The molecule has 2 unspecified atom stereocenters. The molecule has 0 aliphatic heterocycles. The number of rotatable bonds is 6. The van der Waals surface area contributed by atoms with Crippen molar-refractivity contribution in [1.29, 1.82) is 0 Å². The van der Waals surface area contributed by atoms with E-state index in [-0.39, 0.29) is 0 Å². The minimum Gasteiger partial charge on any atom is -0.0863 e. The Morgan fingerprint density at radius 1 is 0.923 bits per heavy atom. The van der Waals surface area contributed by atoms with Gasteiger partial charge in [-0.15, -0.1) is 0 Å². The van der Waals surface area contributed by atoms with Crippen LogP contribution in [0.1, 0.15) is 19.8 Å². The molecule has 0 saturated carbocycles. The first kappa shape index (κ1) is 16.6. The van der Waals surface area contributed by atoms with E-state index in [1.807, 2.05) is 0 Å². The SMILES string of the molecule is CC(I)[C@H](I)CC(I)[C@H](I)CCI. The van der Waals surface area contributed by atoms with Gasteiger partial charge >= 0.3 is 0 Å². The van der Waals surface area contributed by atoms with E-state index < -0.39 is 0 Å². The topological polar surface area (TPSA) is 0 Å². The zero-order chi connectivity index (χ0) is 10.4. The summed E-state index contributed by atoms with van der Waals surface area (Å²) in [6, 6.07) is 0. The van der Waals surface area contributed by atoms with Crippen molar-refractivity contribution >= 4 is 113 Å². The van der Waals surface area contributed by atoms with E-state index in [1.165, 1.54) is 17.3 Å². The molecule has 0 aromatic heterocycles. The molecule has 13 heavy (non-hydrogen) atoms. The normalized spacial score (nSPS) is 20.8. The minimum atomic E-state index is 0.790. The van der Waals surface area contributed by atoms with Crippen molar-refractivity contribution in [2.24, 2.45) is 0 Å². The fourth-order valence-corrected chi connectivity index (χ4v) is 6.03. The summed E-state index contributed by atoms with van der Waals surface area (Å²) in [5, 5.41) is 0. The van der Waals surface area contributed by atoms with Gasteiger partial charge in [-0.1, -0.05) is 120 Å². The van der Waals surface area contributed by atoms with Crippen LogP contribution in [-0.2, 0) is 0 Å². The number of alkyl halides is 5. The molecular weight excluding hydrogens is 731 g/mol. The lowest BCUT2D eigenvalue weighted by molar-refractivity contribution is 0.725. The molecule has 0 amide bonds. The Bertz CT molecular complexity index is 128. The van der Waals surface area contributed by atoms with Gasteiger partial charge in [0.1, 0.15) is 0 Å². The number of hydrogen-bond acceptors (Lipinski definition) is 0. The van der Waals surface area contributed by atoms with Crippen LogP contribution in [0.4, 0.5) is 0 Å². The largest absolute Gasteiger partial charge is 0.0863 e. The van der Waals surface area contributed by atoms with Gasteiger partial charge in [-0.2, -0.15) is 0 Å². The van der Waals surface area contributed by atoms with E-state index in [0.29, 0.717) is 0 Å². The molecule has 0 N–H and O–H groups in total. The minimum absolute atomic E-state index is 0.790. The van der Waals surface area contributed by atoms with Crippen molar-refractivity contribution in [3.8, 4) is 0 Å². The van der Waals surface area contributed by atoms with Crippen molar-refractivity contribution in [3.63, 3.8) is 0 Å². The van der Waals surface area contributed by atoms with Gasteiger partial charge in [0.2, 0.25) is 0 Å². The molecule has 0 radical (unpaired) electrons. The summed E-state index contributed by atoms with van der Waals surface area (Å²) >= 11 is 12.8. The van der Waals surface area contributed by atoms with Crippen LogP contribution in [0.2, 0.25) is 0 Å². The Morgan fingerprint density at radius 3 is 1.85 bits per heavy atom. The predicted octanol–water partition coefficient (Wildman–Crippen LogP) is 5.44. The van der Waals surface area contributed by atoms with Crippen LogP contribution in [0, 0.1) is 0 Å². The quantitative estimate of drug-likeness (QED) is 0.252. The predicted molar refractivity (Wildman–Crippen MR) is 105 cm³/mol. The lowest BCUT2D eigenvalue weighted by Crippen LogP contribution is -2.22. The van der Waals surface area contributed by atoms with E-state index in [0.717, 1.165) is 15.7 Å². The Hall–Kier alpha value is 3.65. The van der Waals surface area contributed by atoms with Gasteiger partial charge in [-0.05, 0) is 12.8 Å². The standard InChI is InChI=1S/C8H13I5/c1-5(10)7(12)4-8(13)6(11)2-3-9/h5-8H,2-4H2,1H3/t5?,6-,7-,8?/m1/s1. The first-order chi connectivity index (χ1) is 5.99. The van der Waals surface area contributed by atoms with Gasteiger partial charge in [0.15, 0.2) is 0 Å². The molecule has 0 bridgehead atoms. The summed E-state index contributed by atoms with van der Waals surface area (Å²) in [5.41, 5.74) is 0. The maximum absolute atomic E-state index is 2.62. The highest BCUT2D eigenvalue weighted by molar-refractivity contribution is 14.1. The molecule has 0 nitrogen and oxygen atoms in total. The highest BCUT2D eigenvalue weighted by atomic mass is 127. The third kappa shape index (κ3) is 8.38. The van der Waals surface area contributed by atoms with Crippen LogP contribution < -0.4 is 0 Å². The molecule has 0 aliphatic carbocycles. The number of halogens is 5. The summed E-state index contributed by atoms with van der Waals surface area (Å²) in [5.74, 6) is 0. The van der Waals surface area contributed by atoms with Crippen molar-refractivity contribution < 1.29 is 0 Å². The third-order valence-corrected chi connectivity index (χ3v) is 10.4. The molecule has 4 atom stereocenters. The van der Waals surface area contributed by atoms with Gasteiger partial charge in [0.25, 0.3) is 0 Å². The van der Waals surface area contributed by atoms with E-state index in [2.05, 4.69) is 120 Å². The van der Waals surface area contributed by atoms with Crippen LogP contribution in [-0.4, -0.2) is 20.1 Å². The number of hydrogen-bond donors (Lipinski definition) is 0. The van der Waals surface area contributed by atoms with Gasteiger partial charge in [0, 0.05) is 20.1 Å². The van der Waals surface area contributed by atoms with Gasteiger partial charge < -0.3 is 0 Å². The second kappa shape index (κ2) is 9.66. The molecule has 0 spiro atoms. The summed E-state index contributed by atoms with van der Waals surface area (Å²) in [6.45, 7) is 2.31. The fourth-order valence-electron chi connectivity index (χ4n) is 0.835. The molecule has 5 heteroatoms. The lowest BCUT2D eigenvalue weighted by atomic mass is 10.1. The van der Waals surface area contributed by atoms with Gasteiger partial charge in [-0.25, -0.2) is 0 Å². The van der Waals surface area contributed by atoms with E-state index in [9.17, 15) is 0 Å². The van der Waals surface area contributed by atoms with Crippen molar-refractivity contribution in [1.82, 2.24) is 0 Å². The third-order valence-electron chi connectivity index (χ3n) is 1.73. The summed E-state index contributed by atoms with van der Waals surface area (Å²) in [7, 11) is 0. The molecular formula is C8H13I5. The Labute approximate surface area is 150 Å². The smallest absolute Gasteiger partial charge is 0.0238 e. The lowest BCUT2D eigenvalue weighted by Gasteiger charge is -2.20. The van der Waals surface area contributed by atoms with E-state index >= 15 is 0 Å².